The fraction of sp³-hybridized carbons (Fsp3) is 0.905. The third kappa shape index (κ3) is 42.6. The van der Waals surface area contributed by atoms with E-state index in [1.54, 1.807) is 20.8 Å². The molecule has 34 nitrogen and oxygen atoms in total. The van der Waals surface area contributed by atoms with Crippen LogP contribution < -0.4 is 10.6 Å². The van der Waals surface area contributed by atoms with Crippen LogP contribution in [0.4, 0.5) is 0 Å². The van der Waals surface area contributed by atoms with Gasteiger partial charge in [0.1, 0.15) is 65.5 Å². The van der Waals surface area contributed by atoms with E-state index in [-0.39, 0.29) is 191 Å². The number of nitrogens with one attached hydrogen (secondary N) is 2. The maximum absolute atomic E-state index is 13.9. The van der Waals surface area contributed by atoms with Crippen molar-refractivity contribution in [3.63, 3.8) is 0 Å². The predicted octanol–water partition coefficient (Wildman–Crippen LogP) is 2.50. The molecule has 0 radical (unpaired) electrons. The second-order valence-electron chi connectivity index (χ2n) is 28.3. The number of aliphatic hydroxyl groups is 9. The van der Waals surface area contributed by atoms with Crippen LogP contribution in [0.5, 0.6) is 0 Å². The minimum atomic E-state index is -1.23. The minimum absolute atomic E-state index is 0.00683. The Hall–Kier alpha value is -4.28. The zero-order valence-electron chi connectivity index (χ0n) is 64.1. The molecule has 108 heavy (non-hydrogen) atoms. The van der Waals surface area contributed by atoms with Gasteiger partial charge in [-0.2, -0.15) is 0 Å². The van der Waals surface area contributed by atoms with Crippen LogP contribution in [0.2, 0.25) is 0 Å². The number of carbonyl (C=O) groups excluding carboxylic acids is 7. The number of hydrogen-bond donors (Lipinski definition) is 11. The van der Waals surface area contributed by atoms with Gasteiger partial charge in [0.15, 0.2) is 18.9 Å². The fourth-order valence-electron chi connectivity index (χ4n) is 12.2. The molecular weight excluding hydrogens is 1420 g/mol. The fourth-order valence-corrected chi connectivity index (χ4v) is 12.2. The van der Waals surface area contributed by atoms with E-state index in [2.05, 4.69) is 20.7 Å². The van der Waals surface area contributed by atoms with Crippen LogP contribution in [0.25, 0.3) is 10.4 Å². The quantitative estimate of drug-likeness (QED) is 0.0180. The molecule has 11 N–H and O–H groups in total. The smallest absolute Gasteiger partial charge is 0.222 e. The predicted molar refractivity (Wildman–Crippen MR) is 387 cm³/mol. The Morgan fingerprint density at radius 2 is 0.667 bits per heavy atom. The van der Waals surface area contributed by atoms with Crippen molar-refractivity contribution in [2.75, 3.05) is 152 Å². The van der Waals surface area contributed by atoms with Gasteiger partial charge >= 0.3 is 0 Å². The number of aliphatic hydroxyl groups excluding tert-OH is 9. The van der Waals surface area contributed by atoms with Crippen LogP contribution >= 0.6 is 0 Å². The van der Waals surface area contributed by atoms with Crippen molar-refractivity contribution in [1.29, 1.82) is 0 Å². The van der Waals surface area contributed by atoms with E-state index in [1.807, 2.05) is 0 Å². The van der Waals surface area contributed by atoms with Gasteiger partial charge < -0.3 is 118 Å². The second kappa shape index (κ2) is 60.3. The number of Topliss-reactive ketones (excluding diaryl/α,β-unsaturated/α-hetero) is 5. The average molecular weight is 1550 g/mol. The van der Waals surface area contributed by atoms with E-state index in [1.165, 1.54) is 0 Å². The molecule has 0 bridgehead atoms. The van der Waals surface area contributed by atoms with Crippen LogP contribution in [0.3, 0.4) is 0 Å². The lowest BCUT2D eigenvalue weighted by molar-refractivity contribution is -0.282. The molecule has 15 unspecified atom stereocenters. The lowest BCUT2D eigenvalue weighted by Gasteiger charge is -2.40. The van der Waals surface area contributed by atoms with Gasteiger partial charge in [0.05, 0.1) is 131 Å². The molecule has 0 aliphatic carbocycles. The maximum atomic E-state index is 13.9. The van der Waals surface area contributed by atoms with Crippen molar-refractivity contribution in [3.8, 4) is 0 Å². The molecule has 626 valence electrons. The molecule has 3 fully saturated rings. The number of unbranched alkanes of at least 4 members (excludes halogenated alkanes) is 7. The molecule has 0 saturated carbocycles. The highest BCUT2D eigenvalue weighted by atomic mass is 16.7. The number of azide groups is 1. The number of ketones is 5. The van der Waals surface area contributed by atoms with Crippen LogP contribution in [-0.4, -0.2) is 312 Å². The third-order valence-corrected chi connectivity index (χ3v) is 19.1. The Morgan fingerprint density at radius 3 is 1.04 bits per heavy atom. The van der Waals surface area contributed by atoms with Crippen molar-refractivity contribution < 1.29 is 141 Å². The largest absolute Gasteiger partial charge is 0.394 e. The van der Waals surface area contributed by atoms with Gasteiger partial charge in [-0.3, -0.25) is 33.6 Å². The molecule has 2 amide bonds. The van der Waals surface area contributed by atoms with E-state index in [4.69, 9.17) is 67.1 Å². The van der Waals surface area contributed by atoms with Gasteiger partial charge in [-0.25, -0.2) is 0 Å². The lowest BCUT2D eigenvalue weighted by atomic mass is 9.84. The first-order valence-corrected chi connectivity index (χ1v) is 39.0. The zero-order chi connectivity index (χ0) is 79.2. The normalized spacial score (nSPS) is 24.9. The Kier molecular flexibility index (Phi) is 54.7. The summed E-state index contributed by atoms with van der Waals surface area (Å²) < 4.78 is 74.7. The molecule has 0 aromatic rings. The first-order chi connectivity index (χ1) is 52.1. The number of nitrogens with zero attached hydrogens (tertiary/aromatic N) is 3. The Bertz CT molecular complexity index is 2270. The molecule has 3 heterocycles. The van der Waals surface area contributed by atoms with E-state index in [9.17, 15) is 79.5 Å². The van der Waals surface area contributed by atoms with Crippen LogP contribution in [0, 0.1) is 23.2 Å². The Morgan fingerprint density at radius 1 is 0.361 bits per heavy atom. The number of ether oxygens (including phenoxy) is 13. The maximum Gasteiger partial charge on any atom is 0.222 e. The first-order valence-electron chi connectivity index (χ1n) is 39.0. The highest BCUT2D eigenvalue weighted by Gasteiger charge is 2.45. The molecule has 3 saturated heterocycles. The number of amides is 2. The third-order valence-electron chi connectivity index (χ3n) is 19.1. The first kappa shape index (κ1) is 97.9. The molecule has 3 rings (SSSR count). The summed E-state index contributed by atoms with van der Waals surface area (Å²) in [7, 11) is 0. The molecule has 3 aliphatic heterocycles. The van der Waals surface area contributed by atoms with Gasteiger partial charge in [-0.15, -0.1) is 0 Å². The Labute approximate surface area is 635 Å². The van der Waals surface area contributed by atoms with Crippen LogP contribution in [0.15, 0.2) is 5.11 Å². The van der Waals surface area contributed by atoms with Crippen molar-refractivity contribution in [2.24, 2.45) is 28.3 Å². The molecule has 0 spiro atoms. The number of rotatable bonds is 69. The Balaban J connectivity index is 1.53. The molecule has 3 aliphatic rings. The summed E-state index contributed by atoms with van der Waals surface area (Å²) in [5, 5.41) is 98.6. The van der Waals surface area contributed by atoms with Gasteiger partial charge in [0.2, 0.25) is 11.8 Å². The summed E-state index contributed by atoms with van der Waals surface area (Å²) in [6.45, 7) is 6.93. The molecule has 34 heteroatoms. The summed E-state index contributed by atoms with van der Waals surface area (Å²) in [4.78, 5) is 93.9. The molecule has 15 atom stereocenters. The number of hydrogen-bond acceptors (Lipinski definition) is 30. The highest BCUT2D eigenvalue weighted by molar-refractivity contribution is 5.80. The van der Waals surface area contributed by atoms with Crippen LogP contribution in [0.1, 0.15) is 181 Å². The van der Waals surface area contributed by atoms with Crippen molar-refractivity contribution in [3.05, 3.63) is 10.4 Å². The van der Waals surface area contributed by atoms with Crippen molar-refractivity contribution >= 4 is 40.7 Å². The minimum Gasteiger partial charge on any atom is -0.394 e. The van der Waals surface area contributed by atoms with E-state index >= 15 is 0 Å². The zero-order valence-corrected chi connectivity index (χ0v) is 64.1. The summed E-state index contributed by atoms with van der Waals surface area (Å²) in [5.41, 5.74) is 7.22. The molecule has 0 aromatic heterocycles. The van der Waals surface area contributed by atoms with E-state index < -0.39 is 117 Å². The topological polar surface area (TPSA) is 494 Å². The van der Waals surface area contributed by atoms with Crippen molar-refractivity contribution in [2.45, 2.75) is 255 Å². The molecule has 0 aromatic carbocycles. The van der Waals surface area contributed by atoms with Gasteiger partial charge in [-0.05, 0) is 76.2 Å². The van der Waals surface area contributed by atoms with Gasteiger partial charge in [-0.1, -0.05) is 38.7 Å². The summed E-state index contributed by atoms with van der Waals surface area (Å²) in [5.74, 6) is -2.20. The standard InChI is InChI=1S/C74H131N5O29/c1-52-65(90)68(93)60(46-80)106-71(52)103-31-13-10-21-55(83)17-6-4-8-19-57(85)24-35-100-49-74(45-59(87)26-34-96-39-41-98-43-44-99-42-40-97-38-30-78-79-75,50-101-36-25-58(86)20-9-5-7-18-56(84)22-11-14-32-104-72-53(2)66(91)69(94)61(47-81)107-72)51-102-37-27-64(89)77-29-16-28-76-63(88)23-12-15-33-105-73-54(3)67(92)70(95)62(48-82)108-73/h52-54,60-62,65-73,80-82,90-95H,4-51H2,1-3H3,(H,76,88)(H,77,89). The van der Waals surface area contributed by atoms with Gasteiger partial charge in [0, 0.05) is 145 Å². The van der Waals surface area contributed by atoms with E-state index in [0.29, 0.717) is 142 Å². The summed E-state index contributed by atoms with van der Waals surface area (Å²) in [6, 6.07) is 0. The van der Waals surface area contributed by atoms with E-state index in [0.717, 1.165) is 0 Å². The molecular formula is C74H131N5O29. The average Bonchev–Trinajstić information content (AvgIpc) is 0.833. The summed E-state index contributed by atoms with van der Waals surface area (Å²) >= 11 is 0. The van der Waals surface area contributed by atoms with Crippen molar-refractivity contribution in [1.82, 2.24) is 10.6 Å². The summed E-state index contributed by atoms with van der Waals surface area (Å²) in [6.07, 6.45) is -2.73. The van der Waals surface area contributed by atoms with Gasteiger partial charge in [0.25, 0.3) is 0 Å². The second-order valence-corrected chi connectivity index (χ2v) is 28.3. The SMILES string of the molecule is CC1C(OCCCCC(=O)CCCCCC(=O)CCOCC(COCCC(=O)CCCCCC(=O)CCCCOC2OC(CO)C(O)C(O)C2C)(COCCC(=O)NCCCNC(=O)CCCCOC2OC(CO)C(O)C(O)C2C)CC(=O)CCOCCOCCOCCOCCN=[N+]=[N-])OC(CO)C(O)C1O. The van der Waals surface area contributed by atoms with Crippen LogP contribution in [-0.2, 0) is 95.1 Å². The monoisotopic (exact) mass is 1550 g/mol. The lowest BCUT2D eigenvalue weighted by Crippen LogP contribution is -2.55. The number of carbonyl (C=O) groups is 7. The highest BCUT2D eigenvalue weighted by Crippen LogP contribution is 2.31.